The summed E-state index contributed by atoms with van der Waals surface area (Å²) in [7, 11) is 1.54. The molecule has 0 radical (unpaired) electrons. The number of methoxy groups -OCH3 is 1. The second-order valence-electron chi connectivity index (χ2n) is 5.33. The maximum Gasteiger partial charge on any atom is 0.357 e. The van der Waals surface area contributed by atoms with Gasteiger partial charge >= 0.3 is 5.97 Å². The maximum atomic E-state index is 12.0. The highest BCUT2D eigenvalue weighted by molar-refractivity contribution is 9.10. The lowest BCUT2D eigenvalue weighted by molar-refractivity contribution is 0.0685. The van der Waals surface area contributed by atoms with Crippen molar-refractivity contribution < 1.29 is 19.4 Å². The van der Waals surface area contributed by atoms with Gasteiger partial charge in [-0.3, -0.25) is 4.79 Å². The smallest absolute Gasteiger partial charge is 0.357 e. The largest absolute Gasteiger partial charge is 0.497 e. The summed E-state index contributed by atoms with van der Waals surface area (Å²) in [5, 5.41) is 13.6. The van der Waals surface area contributed by atoms with Gasteiger partial charge in [-0.05, 0) is 52.3 Å². The third-order valence-corrected chi connectivity index (χ3v) is 4.45. The van der Waals surface area contributed by atoms with E-state index in [-0.39, 0.29) is 5.56 Å². The molecular weight excluding hydrogens is 402 g/mol. The molecule has 0 spiro atoms. The van der Waals surface area contributed by atoms with Gasteiger partial charge in [0.1, 0.15) is 11.3 Å². The molecule has 1 amide bonds. The van der Waals surface area contributed by atoms with Crippen molar-refractivity contribution in [3.8, 4) is 22.7 Å². The number of hydrogen-bond donors (Lipinski definition) is 2. The van der Waals surface area contributed by atoms with Gasteiger partial charge in [0.05, 0.1) is 18.5 Å². The highest BCUT2D eigenvalue weighted by Gasteiger charge is 2.28. The number of para-hydroxylation sites is 1. The minimum atomic E-state index is -1.33. The number of halogens is 1. The molecule has 0 bridgehead atoms. The highest BCUT2D eigenvalue weighted by atomic mass is 79.9. The van der Waals surface area contributed by atoms with E-state index in [9.17, 15) is 14.7 Å². The van der Waals surface area contributed by atoms with E-state index < -0.39 is 17.6 Å². The van der Waals surface area contributed by atoms with Gasteiger partial charge < -0.3 is 15.6 Å². The molecular formula is C18H14BrN3O4. The molecule has 0 unspecified atom stereocenters. The first-order valence-corrected chi connectivity index (χ1v) is 8.28. The number of aromatic carboxylic acids is 1. The molecule has 132 valence electrons. The van der Waals surface area contributed by atoms with Crippen molar-refractivity contribution in [3.05, 3.63) is 64.3 Å². The van der Waals surface area contributed by atoms with Gasteiger partial charge in [0.15, 0.2) is 5.69 Å². The number of carbonyl (C=O) groups excluding carboxylic acids is 1. The number of carboxylic acid groups (broad SMARTS) is 1. The number of benzene rings is 2. The quantitative estimate of drug-likeness (QED) is 0.665. The van der Waals surface area contributed by atoms with Crippen LogP contribution < -0.4 is 10.5 Å². The number of aromatic nitrogens is 2. The number of nitrogens with two attached hydrogens (primary N) is 1. The summed E-state index contributed by atoms with van der Waals surface area (Å²) in [6.07, 6.45) is 0. The van der Waals surface area contributed by atoms with Gasteiger partial charge in [0, 0.05) is 10.0 Å². The number of rotatable bonds is 5. The topological polar surface area (TPSA) is 107 Å². The summed E-state index contributed by atoms with van der Waals surface area (Å²) in [4.78, 5) is 23.7. The molecule has 1 heterocycles. The molecule has 0 saturated carbocycles. The molecule has 1 aromatic heterocycles. The molecule has 0 aliphatic heterocycles. The van der Waals surface area contributed by atoms with Gasteiger partial charge in [0.2, 0.25) is 0 Å². The van der Waals surface area contributed by atoms with Crippen LogP contribution in [0.15, 0.2) is 53.0 Å². The molecule has 0 aliphatic carbocycles. The van der Waals surface area contributed by atoms with Gasteiger partial charge in [-0.25, -0.2) is 9.48 Å². The average molecular weight is 416 g/mol. The Morgan fingerprint density at radius 3 is 2.35 bits per heavy atom. The third kappa shape index (κ3) is 3.06. The normalized spacial score (nSPS) is 10.5. The van der Waals surface area contributed by atoms with Gasteiger partial charge in [-0.15, -0.1) is 0 Å². The van der Waals surface area contributed by atoms with Crippen LogP contribution in [0.25, 0.3) is 16.9 Å². The average Bonchev–Trinajstić information content (AvgIpc) is 3.03. The van der Waals surface area contributed by atoms with Crippen LogP contribution >= 0.6 is 15.9 Å². The van der Waals surface area contributed by atoms with E-state index in [2.05, 4.69) is 21.0 Å². The minimum Gasteiger partial charge on any atom is -0.497 e. The summed E-state index contributed by atoms with van der Waals surface area (Å²) in [5.41, 5.74) is 6.38. The first kappa shape index (κ1) is 17.7. The van der Waals surface area contributed by atoms with E-state index in [1.807, 2.05) is 6.07 Å². The predicted molar refractivity (Wildman–Crippen MR) is 98.7 cm³/mol. The molecule has 0 saturated heterocycles. The Kier molecular flexibility index (Phi) is 4.77. The summed E-state index contributed by atoms with van der Waals surface area (Å²) < 4.78 is 7.23. The maximum absolute atomic E-state index is 12.0. The number of hydrogen-bond acceptors (Lipinski definition) is 4. The van der Waals surface area contributed by atoms with Crippen molar-refractivity contribution in [1.29, 1.82) is 0 Å². The van der Waals surface area contributed by atoms with E-state index in [1.165, 1.54) is 11.8 Å². The fourth-order valence-corrected chi connectivity index (χ4v) is 3.07. The van der Waals surface area contributed by atoms with Crippen molar-refractivity contribution in [3.63, 3.8) is 0 Å². The molecule has 7 nitrogen and oxygen atoms in total. The Balaban J connectivity index is 2.36. The summed E-state index contributed by atoms with van der Waals surface area (Å²) in [6, 6.07) is 14.0. The monoisotopic (exact) mass is 415 g/mol. The number of amides is 1. The Hall–Kier alpha value is -3.13. The predicted octanol–water partition coefficient (Wildman–Crippen LogP) is 3.11. The first-order valence-electron chi connectivity index (χ1n) is 7.49. The number of primary amides is 1. The zero-order chi connectivity index (χ0) is 18.8. The number of nitrogens with zero attached hydrogens (tertiary/aromatic N) is 2. The van der Waals surface area contributed by atoms with Crippen molar-refractivity contribution in [2.24, 2.45) is 5.73 Å². The van der Waals surface area contributed by atoms with Crippen LogP contribution in [-0.2, 0) is 0 Å². The van der Waals surface area contributed by atoms with Crippen LogP contribution in [0.5, 0.6) is 5.75 Å². The van der Waals surface area contributed by atoms with Crippen LogP contribution in [0.3, 0.4) is 0 Å². The lowest BCUT2D eigenvalue weighted by Gasteiger charge is -2.11. The van der Waals surface area contributed by atoms with E-state index in [4.69, 9.17) is 10.5 Å². The van der Waals surface area contributed by atoms with Crippen molar-refractivity contribution in [1.82, 2.24) is 9.78 Å². The third-order valence-electron chi connectivity index (χ3n) is 3.78. The van der Waals surface area contributed by atoms with Gasteiger partial charge in [-0.2, -0.15) is 5.10 Å². The van der Waals surface area contributed by atoms with Crippen LogP contribution in [-0.4, -0.2) is 33.9 Å². The van der Waals surface area contributed by atoms with E-state index in [0.29, 0.717) is 27.2 Å². The standard InChI is InChI=1S/C18H14BrN3O4/c1-26-11-8-6-10(7-9-11)16-14(17(20)23)15(18(24)25)21-22(16)13-5-3-2-4-12(13)19/h2-9H,1H3,(H2,20,23)(H,24,25). The van der Waals surface area contributed by atoms with Crippen LogP contribution in [0.2, 0.25) is 0 Å². The van der Waals surface area contributed by atoms with Gasteiger partial charge in [0.25, 0.3) is 5.91 Å². The number of carboxylic acids is 1. The number of carbonyl (C=O) groups is 2. The minimum absolute atomic E-state index is 0.154. The van der Waals surface area contributed by atoms with E-state index >= 15 is 0 Å². The highest BCUT2D eigenvalue weighted by Crippen LogP contribution is 2.32. The molecule has 2 aromatic carbocycles. The zero-order valence-electron chi connectivity index (χ0n) is 13.6. The second-order valence-corrected chi connectivity index (χ2v) is 6.19. The Morgan fingerprint density at radius 1 is 1.15 bits per heavy atom. The molecule has 8 heteroatoms. The molecule has 0 fully saturated rings. The van der Waals surface area contributed by atoms with Gasteiger partial charge in [-0.1, -0.05) is 12.1 Å². The van der Waals surface area contributed by atoms with Crippen LogP contribution in [0.1, 0.15) is 20.8 Å². The fourth-order valence-electron chi connectivity index (χ4n) is 2.61. The lowest BCUT2D eigenvalue weighted by Crippen LogP contribution is -2.16. The molecule has 0 atom stereocenters. The summed E-state index contributed by atoms with van der Waals surface area (Å²) in [6.45, 7) is 0. The fraction of sp³-hybridized carbons (Fsp3) is 0.0556. The van der Waals surface area contributed by atoms with E-state index in [0.717, 1.165) is 0 Å². The molecule has 3 rings (SSSR count). The summed E-state index contributed by atoms with van der Waals surface area (Å²) >= 11 is 3.43. The molecule has 3 N–H and O–H groups in total. The Bertz CT molecular complexity index is 996. The molecule has 0 aliphatic rings. The SMILES string of the molecule is COc1ccc(-c2c(C(N)=O)c(C(=O)O)nn2-c2ccccc2Br)cc1. The zero-order valence-corrected chi connectivity index (χ0v) is 15.2. The van der Waals surface area contributed by atoms with Crippen molar-refractivity contribution in [2.75, 3.05) is 7.11 Å². The summed E-state index contributed by atoms with van der Waals surface area (Å²) in [5.74, 6) is -1.58. The van der Waals surface area contributed by atoms with Crippen molar-refractivity contribution >= 4 is 27.8 Å². The van der Waals surface area contributed by atoms with Crippen LogP contribution in [0.4, 0.5) is 0 Å². The number of ether oxygens (including phenoxy) is 1. The Labute approximate surface area is 157 Å². The van der Waals surface area contributed by atoms with E-state index in [1.54, 1.807) is 42.5 Å². The van der Waals surface area contributed by atoms with Crippen molar-refractivity contribution in [2.45, 2.75) is 0 Å². The lowest BCUT2D eigenvalue weighted by atomic mass is 10.0. The first-order chi connectivity index (χ1) is 12.4. The van der Waals surface area contributed by atoms with Crippen LogP contribution in [0, 0.1) is 0 Å². The molecule has 26 heavy (non-hydrogen) atoms. The second kappa shape index (κ2) is 7.01. The molecule has 3 aromatic rings. The Morgan fingerprint density at radius 2 is 1.81 bits per heavy atom.